The highest BCUT2D eigenvalue weighted by atomic mass is 16.4. The van der Waals surface area contributed by atoms with Crippen molar-refractivity contribution in [2.24, 2.45) is 0 Å². The van der Waals surface area contributed by atoms with Gasteiger partial charge in [-0.15, -0.1) is 0 Å². The van der Waals surface area contributed by atoms with Gasteiger partial charge >= 0.3 is 12.1 Å². The fourth-order valence-corrected chi connectivity index (χ4v) is 2.84. The van der Waals surface area contributed by atoms with E-state index in [2.05, 4.69) is 10.1 Å². The minimum absolute atomic E-state index is 0.0132. The number of aromatic amines is 1. The van der Waals surface area contributed by atoms with Crippen molar-refractivity contribution in [3.63, 3.8) is 0 Å². The summed E-state index contributed by atoms with van der Waals surface area (Å²) in [5, 5.41) is 21.0. The Morgan fingerprint density at radius 2 is 2.09 bits per heavy atom. The average Bonchev–Trinajstić information content (AvgIpc) is 2.95. The lowest BCUT2D eigenvalue weighted by Gasteiger charge is -2.35. The quantitative estimate of drug-likeness (QED) is 0.733. The highest BCUT2D eigenvalue weighted by Crippen LogP contribution is 2.29. The Bertz CT molecular complexity index is 795. The lowest BCUT2D eigenvalue weighted by Crippen LogP contribution is -2.49. The number of amides is 1. The summed E-state index contributed by atoms with van der Waals surface area (Å²) in [6, 6.07) is 1.95. The molecule has 22 heavy (non-hydrogen) atoms. The smallest absolute Gasteiger partial charge is 0.408 e. The Morgan fingerprint density at radius 1 is 1.32 bits per heavy atom. The van der Waals surface area contributed by atoms with E-state index in [9.17, 15) is 19.5 Å². The summed E-state index contributed by atoms with van der Waals surface area (Å²) in [4.78, 5) is 39.6. The Balaban J connectivity index is 1.93. The molecule has 1 saturated heterocycles. The third-order valence-electron chi connectivity index (χ3n) is 3.93. The van der Waals surface area contributed by atoms with E-state index < -0.39 is 18.1 Å². The minimum atomic E-state index is -1.28. The van der Waals surface area contributed by atoms with Crippen molar-refractivity contribution >= 4 is 17.7 Å². The number of aromatic nitrogens is 3. The summed E-state index contributed by atoms with van der Waals surface area (Å²) in [7, 11) is 0. The van der Waals surface area contributed by atoms with Crippen LogP contribution < -0.4 is 5.56 Å². The van der Waals surface area contributed by atoms with Crippen molar-refractivity contribution in [1.82, 2.24) is 19.5 Å². The van der Waals surface area contributed by atoms with Crippen LogP contribution in [-0.4, -0.2) is 54.4 Å². The lowest BCUT2D eigenvalue weighted by molar-refractivity contribution is -0.143. The summed E-state index contributed by atoms with van der Waals surface area (Å²) in [6.45, 7) is 0.0132. The van der Waals surface area contributed by atoms with Crippen LogP contribution in [0.3, 0.4) is 0 Å². The van der Waals surface area contributed by atoms with Gasteiger partial charge in [-0.3, -0.25) is 14.8 Å². The molecule has 1 aliphatic rings. The molecule has 9 heteroatoms. The highest BCUT2D eigenvalue weighted by molar-refractivity contribution is 5.79. The summed E-state index contributed by atoms with van der Waals surface area (Å²) >= 11 is 0. The molecule has 1 fully saturated rings. The first-order valence-electron chi connectivity index (χ1n) is 6.77. The molecule has 2 aromatic heterocycles. The van der Waals surface area contributed by atoms with E-state index in [-0.39, 0.29) is 24.4 Å². The lowest BCUT2D eigenvalue weighted by atomic mass is 9.90. The van der Waals surface area contributed by atoms with Crippen LogP contribution >= 0.6 is 0 Å². The van der Waals surface area contributed by atoms with Gasteiger partial charge in [0.05, 0.1) is 5.69 Å². The molecular weight excluding hydrogens is 292 g/mol. The van der Waals surface area contributed by atoms with Crippen LogP contribution in [0.2, 0.25) is 0 Å². The van der Waals surface area contributed by atoms with Crippen molar-refractivity contribution < 1.29 is 19.8 Å². The largest absolute Gasteiger partial charge is 0.480 e. The number of carboxylic acid groups (broad SMARTS) is 2. The number of fused-ring (bicyclic) bond motifs is 1. The van der Waals surface area contributed by atoms with E-state index in [1.54, 1.807) is 12.3 Å². The maximum Gasteiger partial charge on any atom is 0.408 e. The third kappa shape index (κ3) is 2.30. The van der Waals surface area contributed by atoms with Gasteiger partial charge in [-0.25, -0.2) is 19.1 Å². The second kappa shape index (κ2) is 5.17. The molecule has 0 saturated carbocycles. The van der Waals surface area contributed by atoms with Crippen LogP contribution in [0.1, 0.15) is 24.5 Å². The summed E-state index contributed by atoms with van der Waals surface area (Å²) < 4.78 is 1.28. The predicted molar refractivity (Wildman–Crippen MR) is 73.9 cm³/mol. The van der Waals surface area contributed by atoms with E-state index in [0.717, 1.165) is 4.90 Å². The number of carbonyl (C=O) groups is 2. The fraction of sp³-hybridized carbons (Fsp3) is 0.385. The van der Waals surface area contributed by atoms with Crippen LogP contribution in [0.5, 0.6) is 0 Å². The molecule has 0 aliphatic carbocycles. The second-order valence-electron chi connectivity index (χ2n) is 5.24. The Kier molecular flexibility index (Phi) is 3.32. The second-order valence-corrected chi connectivity index (χ2v) is 5.24. The van der Waals surface area contributed by atoms with Gasteiger partial charge in [0.1, 0.15) is 6.04 Å². The summed E-state index contributed by atoms with van der Waals surface area (Å²) in [5.74, 6) is -1.45. The van der Waals surface area contributed by atoms with Crippen molar-refractivity contribution in [2.75, 3.05) is 6.54 Å². The van der Waals surface area contributed by atoms with E-state index in [4.69, 9.17) is 5.11 Å². The minimum Gasteiger partial charge on any atom is -0.480 e. The maximum atomic E-state index is 12.0. The topological polar surface area (TPSA) is 128 Å². The SMILES string of the molecule is O=C(O)C1CCC(c2cc(=O)n3[nH]ccc3n2)CN1C(=O)O. The molecule has 3 heterocycles. The van der Waals surface area contributed by atoms with E-state index in [1.807, 2.05) is 0 Å². The number of nitrogens with one attached hydrogen (secondary N) is 1. The van der Waals surface area contributed by atoms with Crippen molar-refractivity contribution in [3.8, 4) is 0 Å². The van der Waals surface area contributed by atoms with Gasteiger partial charge < -0.3 is 10.2 Å². The number of nitrogens with zero attached hydrogens (tertiary/aromatic N) is 3. The standard InChI is InChI=1S/C13H14N4O5/c18-11-5-8(15-10-3-4-14-17(10)11)7-1-2-9(12(19)20)16(6-7)13(21)22/h3-5,7,9,14H,1-2,6H2,(H,19,20)(H,21,22). The highest BCUT2D eigenvalue weighted by Gasteiger charge is 2.37. The summed E-state index contributed by atoms with van der Waals surface area (Å²) in [6.07, 6.45) is 0.962. The van der Waals surface area contributed by atoms with Gasteiger partial charge in [0.2, 0.25) is 0 Å². The van der Waals surface area contributed by atoms with Gasteiger partial charge in [-0.1, -0.05) is 0 Å². The fourth-order valence-electron chi connectivity index (χ4n) is 2.84. The molecule has 3 N–H and O–H groups in total. The zero-order valence-corrected chi connectivity index (χ0v) is 11.5. The van der Waals surface area contributed by atoms with Gasteiger partial charge in [-0.05, 0) is 12.8 Å². The maximum absolute atomic E-state index is 12.0. The summed E-state index contributed by atoms with van der Waals surface area (Å²) in [5.41, 5.74) is 0.650. The molecule has 116 valence electrons. The van der Waals surface area contributed by atoms with E-state index in [1.165, 1.54) is 10.6 Å². The van der Waals surface area contributed by atoms with Crippen molar-refractivity contribution in [2.45, 2.75) is 24.8 Å². The number of H-pyrrole nitrogens is 1. The molecule has 9 nitrogen and oxygen atoms in total. The number of aliphatic carboxylic acids is 1. The first-order valence-corrected chi connectivity index (χ1v) is 6.77. The third-order valence-corrected chi connectivity index (χ3v) is 3.93. The average molecular weight is 306 g/mol. The van der Waals surface area contributed by atoms with Crippen LogP contribution in [-0.2, 0) is 4.79 Å². The van der Waals surface area contributed by atoms with Crippen LogP contribution in [0.4, 0.5) is 4.79 Å². The van der Waals surface area contributed by atoms with Crippen LogP contribution in [0.25, 0.3) is 5.65 Å². The molecule has 0 radical (unpaired) electrons. The number of rotatable bonds is 2. The molecule has 0 bridgehead atoms. The normalized spacial score (nSPS) is 21.9. The first kappa shape index (κ1) is 14.1. The van der Waals surface area contributed by atoms with Crippen molar-refractivity contribution in [3.05, 3.63) is 34.4 Å². The molecule has 1 aliphatic heterocycles. The molecule has 2 atom stereocenters. The number of hydrogen-bond acceptors (Lipinski definition) is 4. The molecule has 1 amide bonds. The van der Waals surface area contributed by atoms with E-state index >= 15 is 0 Å². The Labute approximate surface area is 123 Å². The molecule has 2 unspecified atom stereocenters. The Hall–Kier alpha value is -2.84. The van der Waals surface area contributed by atoms with Gasteiger partial charge in [0, 0.05) is 30.8 Å². The number of likely N-dealkylation sites (tertiary alicyclic amines) is 1. The first-order chi connectivity index (χ1) is 10.5. The molecule has 2 aromatic rings. The van der Waals surface area contributed by atoms with Crippen LogP contribution in [0, 0.1) is 0 Å². The molecule has 0 aromatic carbocycles. The molecule has 0 spiro atoms. The Morgan fingerprint density at radius 3 is 2.77 bits per heavy atom. The zero-order valence-electron chi connectivity index (χ0n) is 11.5. The molecular formula is C13H14N4O5. The number of hydrogen-bond donors (Lipinski definition) is 3. The number of piperidine rings is 1. The van der Waals surface area contributed by atoms with Gasteiger partial charge in [0.25, 0.3) is 5.56 Å². The van der Waals surface area contributed by atoms with Crippen LogP contribution in [0.15, 0.2) is 23.1 Å². The van der Waals surface area contributed by atoms with Gasteiger partial charge in [0.15, 0.2) is 5.65 Å². The van der Waals surface area contributed by atoms with E-state index in [0.29, 0.717) is 17.8 Å². The molecule has 3 rings (SSSR count). The predicted octanol–water partition coefficient (Wildman–Crippen LogP) is 0.333. The number of carboxylic acids is 1. The van der Waals surface area contributed by atoms with Gasteiger partial charge in [-0.2, -0.15) is 0 Å². The zero-order chi connectivity index (χ0) is 15.9. The monoisotopic (exact) mass is 306 g/mol. The van der Waals surface area contributed by atoms with Crippen molar-refractivity contribution in [1.29, 1.82) is 0 Å².